The van der Waals surface area contributed by atoms with Crippen LogP contribution in [0.15, 0.2) is 29.8 Å². The number of benzene rings is 1. The van der Waals surface area contributed by atoms with Crippen molar-refractivity contribution >= 4 is 47.8 Å². The van der Waals surface area contributed by atoms with Crippen LogP contribution in [0, 0.1) is 4.77 Å². The second-order valence-electron chi connectivity index (χ2n) is 4.89. The van der Waals surface area contributed by atoms with Crippen LogP contribution in [0.1, 0.15) is 0 Å². The van der Waals surface area contributed by atoms with Crippen molar-refractivity contribution in [2.24, 2.45) is 0 Å². The molecule has 0 amide bonds. The number of methoxy groups -OCH3 is 2. The van der Waals surface area contributed by atoms with E-state index in [0.717, 1.165) is 26.7 Å². The van der Waals surface area contributed by atoms with Crippen LogP contribution in [0.4, 0.5) is 0 Å². The van der Waals surface area contributed by atoms with E-state index in [9.17, 15) is 0 Å². The average Bonchev–Trinajstić information content (AvgIpc) is 2.95. The van der Waals surface area contributed by atoms with E-state index in [-0.39, 0.29) is 0 Å². The van der Waals surface area contributed by atoms with Crippen molar-refractivity contribution in [1.82, 2.24) is 8.97 Å². The zero-order chi connectivity index (χ0) is 16.0. The molecule has 0 radical (unpaired) electrons. The monoisotopic (exact) mass is 332 g/mol. The van der Waals surface area contributed by atoms with Crippen molar-refractivity contribution in [1.29, 1.82) is 0 Å². The van der Waals surface area contributed by atoms with Gasteiger partial charge in [0.1, 0.15) is 11.5 Å². The number of aromatic nitrogens is 2. The smallest absolute Gasteiger partial charge is 0.186 e. The summed E-state index contributed by atoms with van der Waals surface area (Å²) >= 11 is 10.2. The van der Waals surface area contributed by atoms with E-state index in [0.29, 0.717) is 22.8 Å². The average molecular weight is 332 g/mol. The summed E-state index contributed by atoms with van der Waals surface area (Å²) in [6.45, 7) is 8.57. The van der Waals surface area contributed by atoms with Gasteiger partial charge >= 0.3 is 0 Å². The van der Waals surface area contributed by atoms with Crippen molar-refractivity contribution in [3.8, 4) is 11.5 Å². The maximum Gasteiger partial charge on any atom is 0.186 e. The quantitative estimate of drug-likeness (QED) is 0.451. The Morgan fingerprint density at radius 3 is 2.64 bits per heavy atom. The van der Waals surface area contributed by atoms with Gasteiger partial charge in [0.2, 0.25) is 0 Å². The molecule has 1 aromatic carbocycles. The molecule has 0 aliphatic heterocycles. The summed E-state index contributed by atoms with van der Waals surface area (Å²) < 4.78 is 15.4. The van der Waals surface area contributed by atoms with Crippen molar-refractivity contribution in [2.45, 2.75) is 11.6 Å². The second kappa shape index (κ2) is 5.37. The minimum Gasteiger partial charge on any atom is -0.497 e. The Hall–Kier alpha value is -1.92. The number of rotatable bonds is 4. The van der Waals surface area contributed by atoms with Crippen LogP contribution in [-0.4, -0.2) is 23.2 Å². The Morgan fingerprint density at radius 2 is 2.05 bits per heavy atom. The highest BCUT2D eigenvalue weighted by atomic mass is 32.1. The van der Waals surface area contributed by atoms with Crippen LogP contribution in [0.5, 0.6) is 11.5 Å². The number of nitrogens with zero attached hydrogens (tertiary/aromatic N) is 2. The van der Waals surface area contributed by atoms with Crippen LogP contribution in [0.2, 0.25) is 0 Å². The Kier molecular flexibility index (Phi) is 3.66. The largest absolute Gasteiger partial charge is 0.497 e. The molecule has 0 aliphatic rings. The number of ether oxygens (including phenoxy) is 2. The van der Waals surface area contributed by atoms with E-state index in [1.165, 1.54) is 0 Å². The van der Waals surface area contributed by atoms with Crippen LogP contribution in [0.3, 0.4) is 0 Å². The van der Waals surface area contributed by atoms with Gasteiger partial charge in [-0.2, -0.15) is 0 Å². The summed E-state index contributed by atoms with van der Waals surface area (Å²) in [4.78, 5) is 0. The predicted octanol–water partition coefficient (Wildman–Crippen LogP) is 3.24. The van der Waals surface area contributed by atoms with Gasteiger partial charge in [-0.05, 0) is 12.2 Å². The number of hydrogen-bond donors (Lipinski definition) is 1. The molecule has 6 heteroatoms. The molecule has 0 saturated heterocycles. The van der Waals surface area contributed by atoms with Gasteiger partial charge in [-0.15, -0.1) is 19.2 Å². The maximum absolute atomic E-state index is 5.60. The van der Waals surface area contributed by atoms with E-state index >= 15 is 0 Å². The lowest BCUT2D eigenvalue weighted by Crippen LogP contribution is -2.01. The molecule has 2 aromatic heterocycles. The lowest BCUT2D eigenvalue weighted by atomic mass is 10.2. The van der Waals surface area contributed by atoms with E-state index in [1.807, 2.05) is 21.1 Å². The topological polar surface area (TPSA) is 27.8 Å². The number of fused-ring (bicyclic) bond motifs is 3. The molecule has 0 N–H and O–H groups in total. The summed E-state index contributed by atoms with van der Waals surface area (Å²) in [5.74, 6) is 1.41. The van der Waals surface area contributed by atoms with Crippen LogP contribution < -0.4 is 14.7 Å². The fourth-order valence-corrected chi connectivity index (χ4v) is 3.61. The lowest BCUT2D eigenvalue weighted by molar-refractivity contribution is 0.398. The molecule has 4 nitrogen and oxygen atoms in total. The molecular formula is C16H16N2O2S2. The number of allylic oxidation sites excluding steroid dienone is 1. The third-order valence-corrected chi connectivity index (χ3v) is 4.62. The summed E-state index contributed by atoms with van der Waals surface area (Å²) in [6, 6.07) is 3.77. The van der Waals surface area contributed by atoms with E-state index in [2.05, 4.69) is 25.8 Å². The second-order valence-corrected chi connectivity index (χ2v) is 5.68. The molecule has 0 atom stereocenters. The van der Waals surface area contributed by atoms with Gasteiger partial charge < -0.3 is 14.0 Å². The molecule has 3 aromatic rings. The molecule has 0 fully saturated rings. The summed E-state index contributed by atoms with van der Waals surface area (Å²) in [5, 5.41) is 2.53. The molecular weight excluding hydrogens is 316 g/mol. The van der Waals surface area contributed by atoms with Crippen LogP contribution >= 0.6 is 24.8 Å². The molecule has 3 rings (SSSR count). The van der Waals surface area contributed by atoms with Gasteiger partial charge in [0.05, 0.1) is 30.3 Å². The van der Waals surface area contributed by atoms with E-state index in [1.54, 1.807) is 20.3 Å². The first-order valence-electron chi connectivity index (χ1n) is 6.66. The Balaban J connectivity index is 2.59. The van der Waals surface area contributed by atoms with Crippen molar-refractivity contribution < 1.29 is 9.47 Å². The zero-order valence-electron chi connectivity index (χ0n) is 12.4. The maximum atomic E-state index is 5.60. The number of imidazole rings is 1. The Bertz CT molecular complexity index is 1000. The van der Waals surface area contributed by atoms with Gasteiger partial charge in [-0.25, -0.2) is 0 Å². The Morgan fingerprint density at radius 1 is 1.32 bits per heavy atom. The van der Waals surface area contributed by atoms with Gasteiger partial charge in [-0.3, -0.25) is 4.40 Å². The van der Waals surface area contributed by atoms with Gasteiger partial charge in [0.25, 0.3) is 0 Å². The highest BCUT2D eigenvalue weighted by Crippen LogP contribution is 2.32. The molecule has 0 aliphatic carbocycles. The molecule has 0 spiro atoms. The van der Waals surface area contributed by atoms with Crippen molar-refractivity contribution in [2.75, 3.05) is 14.2 Å². The van der Waals surface area contributed by atoms with E-state index in [4.69, 9.17) is 21.7 Å². The normalized spacial score (nSPS) is 11.2. The molecule has 2 heterocycles. The van der Waals surface area contributed by atoms with Crippen molar-refractivity contribution in [3.05, 3.63) is 34.8 Å². The fraction of sp³-hybridized carbons (Fsp3) is 0.188. The first-order valence-corrected chi connectivity index (χ1v) is 7.52. The third kappa shape index (κ3) is 1.87. The summed E-state index contributed by atoms with van der Waals surface area (Å²) in [6.07, 6.45) is 1.79. The third-order valence-electron chi connectivity index (χ3n) is 3.76. The highest BCUT2D eigenvalue weighted by Gasteiger charge is 2.18. The SMILES string of the molecule is C=CCn1c(S)c2c(=C)c3c(OC)cc(OC)cc3n2c1=S. The Labute approximate surface area is 138 Å². The lowest BCUT2D eigenvalue weighted by Gasteiger charge is -2.06. The van der Waals surface area contributed by atoms with E-state index < -0.39 is 0 Å². The van der Waals surface area contributed by atoms with Crippen molar-refractivity contribution in [3.63, 3.8) is 0 Å². The number of thiol groups is 1. The molecule has 0 saturated carbocycles. The van der Waals surface area contributed by atoms with Crippen LogP contribution in [-0.2, 0) is 6.54 Å². The minimum atomic E-state index is 0.599. The zero-order valence-corrected chi connectivity index (χ0v) is 14.1. The predicted molar refractivity (Wildman–Crippen MR) is 95.0 cm³/mol. The minimum absolute atomic E-state index is 0.599. The first-order chi connectivity index (χ1) is 10.5. The van der Waals surface area contributed by atoms with Gasteiger partial charge in [0, 0.05) is 29.3 Å². The molecule has 0 unspecified atom stereocenters. The summed E-state index contributed by atoms with van der Waals surface area (Å²) in [7, 11) is 3.25. The van der Waals surface area contributed by atoms with Gasteiger partial charge in [0.15, 0.2) is 4.77 Å². The molecule has 22 heavy (non-hydrogen) atoms. The summed E-state index contributed by atoms with van der Waals surface area (Å²) in [5.41, 5.74) is 1.79. The molecule has 0 bridgehead atoms. The standard InChI is InChI=1S/C16H16N2O2S2/c1-5-6-17-15(21)14-9(2)13-11(18(14)16(17)22)7-10(19-3)8-12(13)20-4/h5,7-8,21H,1-2,6H2,3-4H3. The van der Waals surface area contributed by atoms with Gasteiger partial charge in [-0.1, -0.05) is 12.7 Å². The van der Waals surface area contributed by atoms with Crippen LogP contribution in [0.25, 0.3) is 23.0 Å². The highest BCUT2D eigenvalue weighted by molar-refractivity contribution is 7.80. The molecule has 114 valence electrons. The first kappa shape index (κ1) is 15.0. The fourth-order valence-electron chi connectivity index (χ4n) is 2.77. The number of hydrogen-bond acceptors (Lipinski definition) is 4.